The Hall–Kier alpha value is -2.49. The van der Waals surface area contributed by atoms with Gasteiger partial charge in [0.2, 0.25) is 5.91 Å². The van der Waals surface area contributed by atoms with E-state index in [4.69, 9.17) is 9.47 Å². The van der Waals surface area contributed by atoms with Crippen molar-refractivity contribution in [2.24, 2.45) is 5.92 Å². The Morgan fingerprint density at radius 2 is 1.76 bits per heavy atom. The summed E-state index contributed by atoms with van der Waals surface area (Å²) >= 11 is 0. The quantitative estimate of drug-likeness (QED) is 0.898. The number of hydrogen-bond acceptors (Lipinski definition) is 3. The largest absolute Gasteiger partial charge is 0.490 e. The van der Waals surface area contributed by atoms with Crippen LogP contribution in [0, 0.1) is 5.92 Å². The van der Waals surface area contributed by atoms with Crippen LogP contribution in [-0.2, 0) is 11.2 Å². The van der Waals surface area contributed by atoms with E-state index in [1.165, 1.54) is 0 Å². The number of ether oxygens (including phenoxy) is 2. The number of rotatable bonds is 5. The maximum Gasteiger partial charge on any atom is 0.224 e. The summed E-state index contributed by atoms with van der Waals surface area (Å²) in [6.07, 6.45) is 1.26. The molecule has 1 aliphatic heterocycles. The Morgan fingerprint density at radius 1 is 1.04 bits per heavy atom. The summed E-state index contributed by atoms with van der Waals surface area (Å²) < 4.78 is 11.5. The number of fused-ring (bicyclic) bond motifs is 1. The Labute approximate surface area is 149 Å². The molecular formula is C21H25NO3. The van der Waals surface area contributed by atoms with Crippen LogP contribution >= 0.6 is 0 Å². The predicted octanol–water partition coefficient (Wildman–Crippen LogP) is 3.90. The van der Waals surface area contributed by atoms with Gasteiger partial charge in [0.05, 0.1) is 25.7 Å². The molecule has 1 N–H and O–H groups in total. The molecule has 4 nitrogen and oxygen atoms in total. The minimum Gasteiger partial charge on any atom is -0.490 e. The summed E-state index contributed by atoms with van der Waals surface area (Å²) in [4.78, 5) is 12.5. The maximum absolute atomic E-state index is 12.5. The first-order chi connectivity index (χ1) is 12.1. The highest BCUT2D eigenvalue weighted by atomic mass is 16.5. The first-order valence-corrected chi connectivity index (χ1v) is 8.86. The van der Waals surface area contributed by atoms with Crippen LogP contribution in [0.15, 0.2) is 48.5 Å². The van der Waals surface area contributed by atoms with E-state index in [1.54, 1.807) is 0 Å². The van der Waals surface area contributed by atoms with Gasteiger partial charge < -0.3 is 14.8 Å². The van der Waals surface area contributed by atoms with E-state index < -0.39 is 0 Å². The van der Waals surface area contributed by atoms with Gasteiger partial charge in [-0.3, -0.25) is 4.79 Å². The molecule has 1 amide bonds. The molecule has 2 aromatic carbocycles. The van der Waals surface area contributed by atoms with E-state index in [2.05, 4.69) is 19.2 Å². The van der Waals surface area contributed by atoms with Gasteiger partial charge in [-0.1, -0.05) is 50.2 Å². The Kier molecular flexibility index (Phi) is 5.59. The summed E-state index contributed by atoms with van der Waals surface area (Å²) in [5.41, 5.74) is 2.06. The van der Waals surface area contributed by atoms with Crippen molar-refractivity contribution < 1.29 is 14.3 Å². The van der Waals surface area contributed by atoms with Gasteiger partial charge in [-0.15, -0.1) is 0 Å². The Bertz CT molecular complexity index is 712. The summed E-state index contributed by atoms with van der Waals surface area (Å²) in [6.45, 7) is 5.55. The third-order valence-electron chi connectivity index (χ3n) is 4.32. The Morgan fingerprint density at radius 3 is 2.48 bits per heavy atom. The lowest BCUT2D eigenvalue weighted by Gasteiger charge is -2.24. The zero-order chi connectivity index (χ0) is 17.6. The zero-order valence-corrected chi connectivity index (χ0v) is 14.8. The fourth-order valence-electron chi connectivity index (χ4n) is 3.01. The molecule has 0 saturated heterocycles. The molecule has 0 bridgehead atoms. The minimum absolute atomic E-state index is 0.0250. The van der Waals surface area contributed by atoms with Crippen molar-refractivity contribution in [3.63, 3.8) is 0 Å². The minimum atomic E-state index is -0.0617. The summed E-state index contributed by atoms with van der Waals surface area (Å²) in [6, 6.07) is 15.7. The van der Waals surface area contributed by atoms with Gasteiger partial charge in [0, 0.05) is 6.42 Å². The van der Waals surface area contributed by atoms with Gasteiger partial charge in [-0.2, -0.15) is 0 Å². The summed E-state index contributed by atoms with van der Waals surface area (Å²) in [5.74, 6) is 1.83. The van der Waals surface area contributed by atoms with Gasteiger partial charge in [0.1, 0.15) is 0 Å². The van der Waals surface area contributed by atoms with E-state index in [9.17, 15) is 4.79 Å². The molecular weight excluding hydrogens is 314 g/mol. The van der Waals surface area contributed by atoms with E-state index in [0.29, 0.717) is 19.6 Å². The fraction of sp³-hybridized carbons (Fsp3) is 0.381. The van der Waals surface area contributed by atoms with Crippen LogP contribution < -0.4 is 14.8 Å². The smallest absolute Gasteiger partial charge is 0.224 e. The second-order valence-electron chi connectivity index (χ2n) is 6.71. The predicted molar refractivity (Wildman–Crippen MR) is 97.9 cm³/mol. The molecule has 25 heavy (non-hydrogen) atoms. The van der Waals surface area contributed by atoms with Crippen LogP contribution in [0.4, 0.5) is 0 Å². The number of benzene rings is 2. The third kappa shape index (κ3) is 4.53. The van der Waals surface area contributed by atoms with Gasteiger partial charge in [-0.25, -0.2) is 0 Å². The highest BCUT2D eigenvalue weighted by molar-refractivity contribution is 5.79. The number of nitrogens with one attached hydrogen (secondary N) is 1. The van der Waals surface area contributed by atoms with E-state index in [1.807, 2.05) is 48.5 Å². The number of carbonyl (C=O) groups excluding carboxylic acids is 1. The van der Waals surface area contributed by atoms with Crippen molar-refractivity contribution in [1.82, 2.24) is 5.32 Å². The average molecular weight is 339 g/mol. The molecule has 0 aliphatic carbocycles. The van der Waals surface area contributed by atoms with Crippen molar-refractivity contribution in [2.75, 3.05) is 13.2 Å². The molecule has 4 heteroatoms. The van der Waals surface area contributed by atoms with Crippen molar-refractivity contribution in [1.29, 1.82) is 0 Å². The van der Waals surface area contributed by atoms with Crippen molar-refractivity contribution in [3.8, 4) is 11.5 Å². The van der Waals surface area contributed by atoms with Crippen LogP contribution in [-0.4, -0.2) is 19.1 Å². The monoisotopic (exact) mass is 339 g/mol. The average Bonchev–Trinajstić information content (AvgIpc) is 2.85. The fourth-order valence-corrected chi connectivity index (χ4v) is 3.01. The molecule has 0 fully saturated rings. The topological polar surface area (TPSA) is 47.6 Å². The molecule has 0 aromatic heterocycles. The number of carbonyl (C=O) groups is 1. The van der Waals surface area contributed by atoms with Crippen LogP contribution in [0.1, 0.15) is 37.4 Å². The van der Waals surface area contributed by atoms with Crippen molar-refractivity contribution >= 4 is 5.91 Å². The van der Waals surface area contributed by atoms with E-state index in [-0.39, 0.29) is 17.9 Å². The van der Waals surface area contributed by atoms with Gasteiger partial charge in [0.15, 0.2) is 11.5 Å². The SMILES string of the molecule is CC(C)C(NC(=O)Cc1ccccc1)c1ccc2c(c1)OCCCO2. The molecule has 3 rings (SSSR count). The molecule has 0 radical (unpaired) electrons. The standard InChI is InChI=1S/C21H25NO3/c1-15(2)21(22-20(23)13-16-7-4-3-5-8-16)17-9-10-18-19(14-17)25-12-6-11-24-18/h3-5,7-10,14-15,21H,6,11-13H2,1-2H3,(H,22,23). The molecule has 1 unspecified atom stereocenters. The van der Waals surface area contributed by atoms with Crippen LogP contribution in [0.3, 0.4) is 0 Å². The van der Waals surface area contributed by atoms with Gasteiger partial charge in [0.25, 0.3) is 0 Å². The maximum atomic E-state index is 12.5. The van der Waals surface area contributed by atoms with Crippen molar-refractivity contribution in [3.05, 3.63) is 59.7 Å². The normalized spacial score (nSPS) is 14.7. The molecule has 132 valence electrons. The van der Waals surface area contributed by atoms with Crippen molar-refractivity contribution in [2.45, 2.75) is 32.7 Å². The van der Waals surface area contributed by atoms with Crippen LogP contribution in [0.25, 0.3) is 0 Å². The zero-order valence-electron chi connectivity index (χ0n) is 14.8. The summed E-state index contributed by atoms with van der Waals surface area (Å²) in [7, 11) is 0. The first-order valence-electron chi connectivity index (χ1n) is 8.86. The lowest BCUT2D eigenvalue weighted by molar-refractivity contribution is -0.121. The second-order valence-corrected chi connectivity index (χ2v) is 6.71. The lowest BCUT2D eigenvalue weighted by Crippen LogP contribution is -2.32. The third-order valence-corrected chi connectivity index (χ3v) is 4.32. The van der Waals surface area contributed by atoms with E-state index in [0.717, 1.165) is 29.0 Å². The number of amides is 1. The highest BCUT2D eigenvalue weighted by Crippen LogP contribution is 2.34. The van der Waals surface area contributed by atoms with E-state index >= 15 is 0 Å². The molecule has 1 atom stereocenters. The highest BCUT2D eigenvalue weighted by Gasteiger charge is 2.21. The lowest BCUT2D eigenvalue weighted by atomic mass is 9.95. The Balaban J connectivity index is 1.74. The summed E-state index contributed by atoms with van der Waals surface area (Å²) in [5, 5.41) is 3.17. The van der Waals surface area contributed by atoms with Gasteiger partial charge in [-0.05, 0) is 29.2 Å². The van der Waals surface area contributed by atoms with Crippen LogP contribution in [0.2, 0.25) is 0 Å². The molecule has 1 heterocycles. The number of hydrogen-bond donors (Lipinski definition) is 1. The molecule has 0 saturated carbocycles. The van der Waals surface area contributed by atoms with Crippen LogP contribution in [0.5, 0.6) is 11.5 Å². The molecule has 0 spiro atoms. The van der Waals surface area contributed by atoms with Gasteiger partial charge >= 0.3 is 0 Å². The second kappa shape index (κ2) is 8.06. The first kappa shape index (κ1) is 17.3. The molecule has 2 aromatic rings. The molecule has 1 aliphatic rings.